The monoisotopic (exact) mass is 583 g/mol. The van der Waals surface area contributed by atoms with Crippen molar-refractivity contribution in [3.05, 3.63) is 0 Å². The summed E-state index contributed by atoms with van der Waals surface area (Å²) in [6.45, 7) is 22.3. The Morgan fingerprint density at radius 2 is 1.67 bits per heavy atom. The lowest BCUT2D eigenvalue weighted by atomic mass is 10.1. The third kappa shape index (κ3) is 5.47. The molecule has 0 aromatic carbocycles. The number of aliphatic hydroxyl groups excluding tert-OH is 1. The van der Waals surface area contributed by atoms with Crippen LogP contribution in [-0.2, 0) is 22.5 Å². The van der Waals surface area contributed by atoms with Gasteiger partial charge in [-0.15, -0.1) is 0 Å². The molecule has 222 valence electrons. The standard InChI is InChI=1S/C26H49N5O6Si2/c1-14(2)11-27-26-29-23-20(24(33)30-26)28-13-31(23)25-21(32)22-19(35-25)12-34-38(15(3)4,16(5)6)37-39(36-22,17(7)8)18(9)10/h13-23,25,32H,11-12H2,1-10H3,(H2,27,29,30,33)/t19-,20?,21?,22+,23?,25-/m1/s1. The number of nitrogens with zero attached hydrogens (tertiary/aromatic N) is 3. The maximum Gasteiger partial charge on any atom is 0.335 e. The molecule has 0 bridgehead atoms. The second-order valence-electron chi connectivity index (χ2n) is 12.9. The normalized spacial score (nSPS) is 35.0. The van der Waals surface area contributed by atoms with Gasteiger partial charge in [-0.05, 0) is 28.1 Å². The lowest BCUT2D eigenvalue weighted by Crippen LogP contribution is -2.67. The van der Waals surface area contributed by atoms with Gasteiger partial charge in [0.05, 0.1) is 12.9 Å². The maximum absolute atomic E-state index is 12.8. The molecule has 4 aliphatic rings. The Bertz CT molecular complexity index is 945. The van der Waals surface area contributed by atoms with E-state index in [1.54, 1.807) is 11.2 Å². The van der Waals surface area contributed by atoms with Crippen molar-refractivity contribution in [1.82, 2.24) is 15.5 Å². The van der Waals surface area contributed by atoms with Crippen molar-refractivity contribution in [2.24, 2.45) is 15.9 Å². The molecule has 4 aliphatic heterocycles. The molecule has 0 aliphatic carbocycles. The zero-order valence-electron chi connectivity index (χ0n) is 25.2. The highest BCUT2D eigenvalue weighted by Gasteiger charge is 2.62. The molecular weight excluding hydrogens is 534 g/mol. The van der Waals surface area contributed by atoms with E-state index in [9.17, 15) is 9.90 Å². The van der Waals surface area contributed by atoms with Crippen LogP contribution in [0.5, 0.6) is 0 Å². The lowest BCUT2D eigenvalue weighted by molar-refractivity contribution is -0.125. The Morgan fingerprint density at radius 3 is 2.23 bits per heavy atom. The number of hydrogen-bond acceptors (Lipinski definition) is 9. The third-order valence-corrected chi connectivity index (χ3v) is 18.6. The van der Waals surface area contributed by atoms with E-state index in [1.165, 1.54) is 0 Å². The van der Waals surface area contributed by atoms with Crippen LogP contribution >= 0.6 is 0 Å². The molecule has 39 heavy (non-hydrogen) atoms. The Hall–Kier alpha value is -1.36. The molecule has 4 heterocycles. The number of ether oxygens (including phenoxy) is 1. The number of amides is 1. The molecule has 3 saturated heterocycles. The quantitative estimate of drug-likeness (QED) is 0.391. The van der Waals surface area contributed by atoms with Gasteiger partial charge in [0.1, 0.15) is 24.5 Å². The van der Waals surface area contributed by atoms with Gasteiger partial charge in [-0.25, -0.2) is 0 Å². The smallest absolute Gasteiger partial charge is 0.335 e. The van der Waals surface area contributed by atoms with Crippen molar-refractivity contribution in [2.75, 3.05) is 13.2 Å². The van der Waals surface area contributed by atoms with Gasteiger partial charge in [0.2, 0.25) is 0 Å². The van der Waals surface area contributed by atoms with E-state index in [1.807, 2.05) is 0 Å². The highest BCUT2D eigenvalue weighted by molar-refractivity contribution is 6.84. The molecule has 11 nitrogen and oxygen atoms in total. The van der Waals surface area contributed by atoms with Crippen LogP contribution in [0.1, 0.15) is 69.2 Å². The zero-order valence-corrected chi connectivity index (χ0v) is 27.2. The minimum absolute atomic E-state index is 0.136. The average molecular weight is 584 g/mol. The number of carbonyl (C=O) groups excluding carboxylic acids is 1. The summed E-state index contributed by atoms with van der Waals surface area (Å²) in [6.07, 6.45) is -1.81. The number of carbonyl (C=O) groups is 1. The second-order valence-corrected chi connectivity index (χ2v) is 21.8. The van der Waals surface area contributed by atoms with E-state index in [0.717, 1.165) is 0 Å². The Morgan fingerprint density at radius 1 is 1.05 bits per heavy atom. The second kappa shape index (κ2) is 11.5. The van der Waals surface area contributed by atoms with Crippen LogP contribution in [0.15, 0.2) is 9.98 Å². The van der Waals surface area contributed by atoms with Crippen LogP contribution in [0.2, 0.25) is 22.2 Å². The Kier molecular flexibility index (Phi) is 9.02. The first kappa shape index (κ1) is 30.6. The van der Waals surface area contributed by atoms with Crippen LogP contribution in [0.3, 0.4) is 0 Å². The topological polar surface area (TPSA) is 126 Å². The van der Waals surface area contributed by atoms with Gasteiger partial charge in [-0.3, -0.25) is 20.1 Å². The molecule has 3 fully saturated rings. The van der Waals surface area contributed by atoms with Gasteiger partial charge in [0.25, 0.3) is 5.91 Å². The number of rotatable bonds is 7. The molecule has 0 radical (unpaired) electrons. The van der Waals surface area contributed by atoms with Crippen LogP contribution in [0.4, 0.5) is 0 Å². The predicted molar refractivity (Wildman–Crippen MR) is 155 cm³/mol. The number of fused-ring (bicyclic) bond motifs is 2. The number of guanidine groups is 1. The molecule has 1 amide bonds. The summed E-state index contributed by atoms with van der Waals surface area (Å²) < 4.78 is 27.6. The molecule has 0 saturated carbocycles. The first-order chi connectivity index (χ1) is 18.2. The molecule has 6 atom stereocenters. The maximum atomic E-state index is 12.8. The Labute approximate surface area is 235 Å². The summed E-state index contributed by atoms with van der Waals surface area (Å²) in [5.41, 5.74) is 0.696. The van der Waals surface area contributed by atoms with Crippen LogP contribution in [-0.4, -0.2) is 95.2 Å². The van der Waals surface area contributed by atoms with Gasteiger partial charge >= 0.3 is 17.1 Å². The number of aliphatic hydroxyl groups is 1. The Balaban J connectivity index is 1.65. The largest absolute Gasteiger partial charge is 0.414 e. The van der Waals surface area contributed by atoms with Crippen molar-refractivity contribution >= 4 is 35.3 Å². The number of hydrogen-bond donors (Lipinski definition) is 3. The molecule has 0 aromatic rings. The molecule has 0 aromatic heterocycles. The first-order valence-corrected chi connectivity index (χ1v) is 18.5. The predicted octanol–water partition coefficient (Wildman–Crippen LogP) is 2.80. The minimum Gasteiger partial charge on any atom is -0.414 e. The molecule has 3 unspecified atom stereocenters. The SMILES string of the molecule is CC(C)CN=C1NC(=O)C2N=CN([C@@H]3O[C@@H]4CO[Si](C(C)C)(C(C)C)O[Si](C(C)C)(C(C)C)O[C@@H]4C3O)C2N1. The fourth-order valence-corrected chi connectivity index (χ4v) is 17.4. The van der Waals surface area contributed by atoms with Gasteiger partial charge < -0.3 is 33.0 Å². The van der Waals surface area contributed by atoms with E-state index in [4.69, 9.17) is 17.7 Å². The fourth-order valence-electron chi connectivity index (χ4n) is 6.16. The van der Waals surface area contributed by atoms with E-state index >= 15 is 0 Å². The molecule has 0 spiro atoms. The van der Waals surface area contributed by atoms with Crippen LogP contribution in [0.25, 0.3) is 0 Å². The highest BCUT2D eigenvalue weighted by Crippen LogP contribution is 2.47. The van der Waals surface area contributed by atoms with Gasteiger partial charge in [0.15, 0.2) is 18.2 Å². The molecular formula is C26H49N5O6Si2. The minimum atomic E-state index is -2.91. The van der Waals surface area contributed by atoms with Crippen LogP contribution in [0, 0.1) is 5.92 Å². The summed E-state index contributed by atoms with van der Waals surface area (Å²) in [4.78, 5) is 23.6. The van der Waals surface area contributed by atoms with E-state index in [2.05, 4.69) is 89.9 Å². The summed E-state index contributed by atoms with van der Waals surface area (Å²) >= 11 is 0. The van der Waals surface area contributed by atoms with E-state index < -0.39 is 53.9 Å². The van der Waals surface area contributed by atoms with E-state index in [-0.39, 0.29) is 34.7 Å². The van der Waals surface area contributed by atoms with Crippen molar-refractivity contribution in [3.63, 3.8) is 0 Å². The summed E-state index contributed by atoms with van der Waals surface area (Å²) in [7, 11) is -5.64. The van der Waals surface area contributed by atoms with E-state index in [0.29, 0.717) is 18.4 Å². The number of nitrogens with one attached hydrogen (secondary N) is 2. The van der Waals surface area contributed by atoms with Gasteiger partial charge in [-0.2, -0.15) is 0 Å². The first-order valence-electron chi connectivity index (χ1n) is 14.5. The fraction of sp³-hybridized carbons (Fsp3) is 0.885. The van der Waals surface area contributed by atoms with Crippen molar-refractivity contribution < 1.29 is 27.6 Å². The molecule has 13 heteroatoms. The van der Waals surface area contributed by atoms with Gasteiger partial charge in [-0.1, -0.05) is 69.2 Å². The van der Waals surface area contributed by atoms with Crippen molar-refractivity contribution in [1.29, 1.82) is 0 Å². The molecule has 3 N–H and O–H groups in total. The van der Waals surface area contributed by atoms with Crippen LogP contribution < -0.4 is 10.6 Å². The molecule has 4 rings (SSSR count). The summed E-state index contributed by atoms with van der Waals surface area (Å²) in [6, 6.07) is -0.672. The highest BCUT2D eigenvalue weighted by atomic mass is 28.5. The lowest BCUT2D eigenvalue weighted by Gasteiger charge is -2.51. The van der Waals surface area contributed by atoms with Crippen molar-refractivity contribution in [2.45, 2.75) is 128 Å². The number of aliphatic imine (C=N–C) groups is 2. The summed E-state index contributed by atoms with van der Waals surface area (Å²) in [5, 5.41) is 17.8. The average Bonchev–Trinajstić information content (AvgIpc) is 3.38. The van der Waals surface area contributed by atoms with Crippen molar-refractivity contribution in [3.8, 4) is 0 Å². The zero-order chi connectivity index (χ0) is 28.9. The third-order valence-electron chi connectivity index (χ3n) is 8.32. The summed E-state index contributed by atoms with van der Waals surface area (Å²) in [5.74, 6) is 0.522. The van der Waals surface area contributed by atoms with Gasteiger partial charge in [0, 0.05) is 6.54 Å².